The summed E-state index contributed by atoms with van der Waals surface area (Å²) in [7, 11) is 0. The minimum atomic E-state index is 0.294. The molecule has 8 heteroatoms. The van der Waals surface area contributed by atoms with Crippen LogP contribution < -0.4 is 0 Å². The highest BCUT2D eigenvalue weighted by molar-refractivity contribution is 5.27. The van der Waals surface area contributed by atoms with Crippen molar-refractivity contribution in [3.05, 3.63) is 35.4 Å². The van der Waals surface area contributed by atoms with E-state index in [9.17, 15) is 0 Å². The molecule has 0 amide bonds. The predicted octanol–water partition coefficient (Wildman–Crippen LogP) is 1.01. The molecule has 5 rings (SSSR count). The Balaban J connectivity index is 1.38. The predicted molar refractivity (Wildman–Crippen MR) is 121 cm³/mol. The summed E-state index contributed by atoms with van der Waals surface area (Å²) in [5, 5.41) is 0. The molecular weight excluding hydrogens is 408 g/mol. The Morgan fingerprint density at radius 1 is 0.406 bits per heavy atom. The van der Waals surface area contributed by atoms with Gasteiger partial charge < -0.3 is 18.9 Å². The molecule has 4 aliphatic rings. The van der Waals surface area contributed by atoms with Crippen LogP contribution in [-0.4, -0.2) is 125 Å². The average Bonchev–Trinajstić information content (AvgIpc) is 2.88. The maximum Gasteiger partial charge on any atom is 0.0889 e. The molecule has 0 radical (unpaired) electrons. The first-order valence-corrected chi connectivity index (χ1v) is 12.3. The fourth-order valence-corrected chi connectivity index (χ4v) is 5.43. The summed E-state index contributed by atoms with van der Waals surface area (Å²) in [5.74, 6) is 0. The van der Waals surface area contributed by atoms with E-state index in [1.807, 2.05) is 0 Å². The Hall–Kier alpha value is -1.10. The van der Waals surface area contributed by atoms with Crippen LogP contribution >= 0.6 is 0 Å². The van der Waals surface area contributed by atoms with Crippen molar-refractivity contribution in [1.82, 2.24) is 19.6 Å². The van der Waals surface area contributed by atoms with Crippen LogP contribution in [-0.2, 0) is 18.9 Å². The average molecular weight is 447 g/mol. The molecule has 0 unspecified atom stereocenters. The van der Waals surface area contributed by atoms with Gasteiger partial charge in [-0.2, -0.15) is 0 Å². The molecule has 178 valence electrons. The molecule has 4 saturated heterocycles. The van der Waals surface area contributed by atoms with Gasteiger partial charge in [-0.3, -0.25) is 19.6 Å². The van der Waals surface area contributed by atoms with Gasteiger partial charge >= 0.3 is 0 Å². The highest BCUT2D eigenvalue weighted by Gasteiger charge is 2.32. The second-order valence-electron chi connectivity index (χ2n) is 9.01. The van der Waals surface area contributed by atoms with Crippen molar-refractivity contribution in [2.45, 2.75) is 12.3 Å². The third kappa shape index (κ3) is 5.34. The van der Waals surface area contributed by atoms with Crippen LogP contribution in [0.1, 0.15) is 23.5 Å². The molecule has 0 N–H and O–H groups in total. The molecule has 0 atom stereocenters. The van der Waals surface area contributed by atoms with Crippen molar-refractivity contribution in [2.75, 3.05) is 105 Å². The number of ether oxygens (including phenoxy) is 4. The van der Waals surface area contributed by atoms with E-state index in [2.05, 4.69) is 43.9 Å². The fourth-order valence-electron chi connectivity index (χ4n) is 5.43. The van der Waals surface area contributed by atoms with Crippen LogP contribution in [0.5, 0.6) is 0 Å². The van der Waals surface area contributed by atoms with Gasteiger partial charge in [-0.25, -0.2) is 0 Å². The van der Waals surface area contributed by atoms with Gasteiger partial charge in [-0.15, -0.1) is 0 Å². The Bertz CT molecular complexity index is 587. The molecule has 0 spiro atoms. The van der Waals surface area contributed by atoms with Gasteiger partial charge in [0.1, 0.15) is 0 Å². The first-order valence-electron chi connectivity index (χ1n) is 12.3. The van der Waals surface area contributed by atoms with E-state index in [1.165, 1.54) is 11.1 Å². The van der Waals surface area contributed by atoms with Gasteiger partial charge in [0.2, 0.25) is 0 Å². The highest BCUT2D eigenvalue weighted by atomic mass is 16.5. The van der Waals surface area contributed by atoms with Gasteiger partial charge in [-0.1, -0.05) is 24.3 Å². The molecule has 4 heterocycles. The minimum absolute atomic E-state index is 0.294. The molecular formula is C24H38N4O4. The van der Waals surface area contributed by atoms with Crippen LogP contribution in [0.25, 0.3) is 0 Å². The Morgan fingerprint density at radius 2 is 0.625 bits per heavy atom. The Morgan fingerprint density at radius 3 is 0.844 bits per heavy atom. The fraction of sp³-hybridized carbons (Fsp3) is 0.750. The smallest absolute Gasteiger partial charge is 0.0889 e. The standard InChI is InChI=1S/C24H38N4O4/c1-2-22(24(27-9-17-31-18-10-27)28-11-19-32-20-12-28)4-3-21(1)23(25-5-13-29-14-6-25)26-7-15-30-16-8-26/h1-4,23-24H,5-20H2. The monoisotopic (exact) mass is 446 g/mol. The molecule has 0 aromatic heterocycles. The zero-order valence-electron chi connectivity index (χ0n) is 19.2. The summed E-state index contributed by atoms with van der Waals surface area (Å²) >= 11 is 0. The van der Waals surface area contributed by atoms with Crippen molar-refractivity contribution >= 4 is 0 Å². The van der Waals surface area contributed by atoms with E-state index in [1.54, 1.807) is 0 Å². The molecule has 0 bridgehead atoms. The molecule has 8 nitrogen and oxygen atoms in total. The minimum Gasteiger partial charge on any atom is -0.379 e. The molecule has 4 aliphatic heterocycles. The Kier molecular flexibility index (Phi) is 8.05. The number of morpholine rings is 4. The number of hydrogen-bond donors (Lipinski definition) is 0. The lowest BCUT2D eigenvalue weighted by atomic mass is 10.0. The highest BCUT2D eigenvalue weighted by Crippen LogP contribution is 2.31. The van der Waals surface area contributed by atoms with Gasteiger partial charge in [0.25, 0.3) is 0 Å². The van der Waals surface area contributed by atoms with Gasteiger partial charge in [0.05, 0.1) is 65.2 Å². The van der Waals surface area contributed by atoms with E-state index in [4.69, 9.17) is 18.9 Å². The molecule has 0 saturated carbocycles. The van der Waals surface area contributed by atoms with Crippen molar-refractivity contribution < 1.29 is 18.9 Å². The second kappa shape index (κ2) is 11.4. The van der Waals surface area contributed by atoms with E-state index in [-0.39, 0.29) is 0 Å². The summed E-state index contributed by atoms with van der Waals surface area (Å²) in [5.41, 5.74) is 2.75. The van der Waals surface area contributed by atoms with Crippen LogP contribution in [0.3, 0.4) is 0 Å². The lowest BCUT2D eigenvalue weighted by Gasteiger charge is -2.44. The number of nitrogens with zero attached hydrogens (tertiary/aromatic N) is 4. The van der Waals surface area contributed by atoms with Crippen LogP contribution in [0.2, 0.25) is 0 Å². The summed E-state index contributed by atoms with van der Waals surface area (Å²) in [6.07, 6.45) is 0.587. The topological polar surface area (TPSA) is 49.9 Å². The first-order chi connectivity index (χ1) is 15.9. The number of benzene rings is 1. The van der Waals surface area contributed by atoms with Gasteiger partial charge in [0.15, 0.2) is 0 Å². The van der Waals surface area contributed by atoms with Gasteiger partial charge in [0, 0.05) is 52.4 Å². The van der Waals surface area contributed by atoms with Crippen LogP contribution in [0.4, 0.5) is 0 Å². The van der Waals surface area contributed by atoms with Crippen LogP contribution in [0, 0.1) is 0 Å². The molecule has 4 fully saturated rings. The number of hydrogen-bond acceptors (Lipinski definition) is 8. The molecule has 0 aliphatic carbocycles. The zero-order chi connectivity index (χ0) is 21.6. The van der Waals surface area contributed by atoms with Crippen molar-refractivity contribution in [3.63, 3.8) is 0 Å². The zero-order valence-corrected chi connectivity index (χ0v) is 19.2. The lowest BCUT2D eigenvalue weighted by Crippen LogP contribution is -2.50. The molecule has 32 heavy (non-hydrogen) atoms. The molecule has 1 aromatic rings. The van der Waals surface area contributed by atoms with E-state index in [0.717, 1.165) is 105 Å². The number of rotatable bonds is 6. The Labute approximate surface area is 191 Å². The quantitative estimate of drug-likeness (QED) is 0.642. The molecule has 1 aromatic carbocycles. The third-order valence-corrected chi connectivity index (χ3v) is 7.10. The maximum absolute atomic E-state index is 5.64. The normalized spacial score (nSPS) is 25.6. The maximum atomic E-state index is 5.64. The van der Waals surface area contributed by atoms with E-state index in [0.29, 0.717) is 12.3 Å². The van der Waals surface area contributed by atoms with Crippen LogP contribution in [0.15, 0.2) is 24.3 Å². The summed E-state index contributed by atoms with van der Waals surface area (Å²) in [6.45, 7) is 14.4. The van der Waals surface area contributed by atoms with E-state index < -0.39 is 0 Å². The first kappa shape index (κ1) is 22.7. The van der Waals surface area contributed by atoms with Crippen molar-refractivity contribution in [1.29, 1.82) is 0 Å². The summed E-state index contributed by atoms with van der Waals surface area (Å²) < 4.78 is 22.6. The van der Waals surface area contributed by atoms with Crippen molar-refractivity contribution in [2.24, 2.45) is 0 Å². The SMILES string of the molecule is c1cc(C(N2CCOCC2)N2CCOCC2)ccc1C(N1CCOCC1)N1CCOCC1. The summed E-state index contributed by atoms with van der Waals surface area (Å²) in [4.78, 5) is 10.3. The second-order valence-corrected chi connectivity index (χ2v) is 9.01. The summed E-state index contributed by atoms with van der Waals surface area (Å²) in [6, 6.07) is 9.44. The van der Waals surface area contributed by atoms with Gasteiger partial charge in [-0.05, 0) is 11.1 Å². The van der Waals surface area contributed by atoms with E-state index >= 15 is 0 Å². The largest absolute Gasteiger partial charge is 0.379 e. The third-order valence-electron chi connectivity index (χ3n) is 7.10. The lowest BCUT2D eigenvalue weighted by molar-refractivity contribution is -0.0688. The van der Waals surface area contributed by atoms with Crippen molar-refractivity contribution in [3.8, 4) is 0 Å².